The molecule has 0 radical (unpaired) electrons. The first kappa shape index (κ1) is 15.4. The van der Waals surface area contributed by atoms with Crippen molar-refractivity contribution in [3.63, 3.8) is 0 Å². The Balaban J connectivity index is 2.67. The van der Waals surface area contributed by atoms with Gasteiger partial charge in [-0.25, -0.2) is 0 Å². The van der Waals surface area contributed by atoms with E-state index in [0.29, 0.717) is 19.6 Å². The second kappa shape index (κ2) is 9.29. The molecule has 1 rings (SSSR count). The van der Waals surface area contributed by atoms with Gasteiger partial charge in [-0.15, -0.1) is 12.3 Å². The van der Waals surface area contributed by atoms with Crippen LogP contribution in [0.4, 0.5) is 0 Å². The SMILES string of the molecule is C#CCCOc1ccc(CNCCC)cc1OCC. The molecule has 0 fully saturated rings. The average molecular weight is 261 g/mol. The van der Waals surface area contributed by atoms with Crippen LogP contribution in [0.1, 0.15) is 32.3 Å². The molecule has 3 heteroatoms. The highest BCUT2D eigenvalue weighted by Crippen LogP contribution is 2.28. The molecule has 0 unspecified atom stereocenters. The van der Waals surface area contributed by atoms with E-state index in [1.807, 2.05) is 19.1 Å². The summed E-state index contributed by atoms with van der Waals surface area (Å²) in [6.45, 7) is 7.12. The van der Waals surface area contributed by atoms with Crippen LogP contribution in [0.2, 0.25) is 0 Å². The summed E-state index contributed by atoms with van der Waals surface area (Å²) in [6.07, 6.45) is 6.95. The van der Waals surface area contributed by atoms with Gasteiger partial charge in [0.15, 0.2) is 11.5 Å². The number of ether oxygens (including phenoxy) is 2. The molecule has 0 heterocycles. The summed E-state index contributed by atoms with van der Waals surface area (Å²) in [5, 5.41) is 3.37. The quantitative estimate of drug-likeness (QED) is 0.547. The summed E-state index contributed by atoms with van der Waals surface area (Å²) in [5.41, 5.74) is 1.20. The Labute approximate surface area is 116 Å². The minimum atomic E-state index is 0.518. The standard InChI is InChI=1S/C16H23NO2/c1-4-7-11-19-15-9-8-14(13-17-10-5-2)12-16(15)18-6-3/h1,8-9,12,17H,5-7,10-11,13H2,2-3H3. The predicted molar refractivity (Wildman–Crippen MR) is 78.6 cm³/mol. The van der Waals surface area contributed by atoms with Gasteiger partial charge in [-0.2, -0.15) is 0 Å². The number of nitrogens with one attached hydrogen (secondary N) is 1. The van der Waals surface area contributed by atoms with Gasteiger partial charge in [0, 0.05) is 13.0 Å². The van der Waals surface area contributed by atoms with Gasteiger partial charge in [-0.05, 0) is 37.6 Å². The van der Waals surface area contributed by atoms with Gasteiger partial charge in [0.2, 0.25) is 0 Å². The fraction of sp³-hybridized carbons (Fsp3) is 0.500. The molecule has 1 aromatic carbocycles. The zero-order valence-electron chi connectivity index (χ0n) is 11.9. The van der Waals surface area contributed by atoms with E-state index in [-0.39, 0.29) is 0 Å². The molecule has 1 aromatic rings. The Morgan fingerprint density at radius 1 is 1.21 bits per heavy atom. The lowest BCUT2D eigenvalue weighted by Gasteiger charge is -2.13. The smallest absolute Gasteiger partial charge is 0.161 e. The molecule has 0 atom stereocenters. The number of benzene rings is 1. The second-order valence-electron chi connectivity index (χ2n) is 4.19. The van der Waals surface area contributed by atoms with Crippen LogP contribution in [0.25, 0.3) is 0 Å². The fourth-order valence-electron chi connectivity index (χ4n) is 1.68. The first-order chi connectivity index (χ1) is 9.31. The van der Waals surface area contributed by atoms with E-state index in [0.717, 1.165) is 31.0 Å². The maximum atomic E-state index is 5.62. The normalized spacial score (nSPS) is 9.95. The van der Waals surface area contributed by atoms with E-state index in [9.17, 15) is 0 Å². The van der Waals surface area contributed by atoms with Crippen molar-refractivity contribution < 1.29 is 9.47 Å². The molecule has 0 saturated carbocycles. The molecule has 0 spiro atoms. The van der Waals surface area contributed by atoms with Gasteiger partial charge >= 0.3 is 0 Å². The monoisotopic (exact) mass is 261 g/mol. The van der Waals surface area contributed by atoms with Crippen molar-refractivity contribution in [1.82, 2.24) is 5.32 Å². The number of hydrogen-bond donors (Lipinski definition) is 1. The summed E-state index contributed by atoms with van der Waals surface area (Å²) in [7, 11) is 0. The average Bonchev–Trinajstić information content (AvgIpc) is 2.42. The van der Waals surface area contributed by atoms with E-state index in [1.165, 1.54) is 5.56 Å². The van der Waals surface area contributed by atoms with E-state index in [4.69, 9.17) is 15.9 Å². The lowest BCUT2D eigenvalue weighted by molar-refractivity contribution is 0.281. The summed E-state index contributed by atoms with van der Waals surface area (Å²) in [4.78, 5) is 0. The summed E-state index contributed by atoms with van der Waals surface area (Å²) in [6, 6.07) is 6.03. The predicted octanol–water partition coefficient (Wildman–Crippen LogP) is 2.99. The molecule has 0 aliphatic carbocycles. The number of hydrogen-bond acceptors (Lipinski definition) is 3. The fourth-order valence-corrected chi connectivity index (χ4v) is 1.68. The first-order valence-electron chi connectivity index (χ1n) is 6.84. The molecule has 0 saturated heterocycles. The highest BCUT2D eigenvalue weighted by Gasteiger charge is 2.06. The minimum absolute atomic E-state index is 0.518. The molecular weight excluding hydrogens is 238 g/mol. The third-order valence-corrected chi connectivity index (χ3v) is 2.57. The molecule has 104 valence electrons. The van der Waals surface area contributed by atoms with Crippen molar-refractivity contribution in [2.45, 2.75) is 33.2 Å². The number of terminal acetylenes is 1. The molecule has 0 aliphatic heterocycles. The largest absolute Gasteiger partial charge is 0.490 e. The van der Waals surface area contributed by atoms with Crippen LogP contribution in [0, 0.1) is 12.3 Å². The molecule has 0 amide bonds. The van der Waals surface area contributed by atoms with Crippen molar-refractivity contribution in [2.75, 3.05) is 19.8 Å². The van der Waals surface area contributed by atoms with Crippen LogP contribution in [-0.4, -0.2) is 19.8 Å². The lowest BCUT2D eigenvalue weighted by atomic mass is 10.2. The summed E-state index contributed by atoms with van der Waals surface area (Å²) in [5.74, 6) is 4.11. The van der Waals surface area contributed by atoms with Crippen LogP contribution in [0.3, 0.4) is 0 Å². The number of rotatable bonds is 9. The summed E-state index contributed by atoms with van der Waals surface area (Å²) < 4.78 is 11.2. The molecule has 19 heavy (non-hydrogen) atoms. The maximum absolute atomic E-state index is 5.62. The van der Waals surface area contributed by atoms with Gasteiger partial charge in [-0.3, -0.25) is 0 Å². The van der Waals surface area contributed by atoms with Crippen LogP contribution >= 0.6 is 0 Å². The van der Waals surface area contributed by atoms with Gasteiger partial charge in [0.1, 0.15) is 0 Å². The molecule has 0 bridgehead atoms. The Hall–Kier alpha value is -1.66. The van der Waals surface area contributed by atoms with Crippen molar-refractivity contribution >= 4 is 0 Å². The topological polar surface area (TPSA) is 30.5 Å². The Morgan fingerprint density at radius 3 is 2.74 bits per heavy atom. The molecule has 1 N–H and O–H groups in total. The molecule has 3 nitrogen and oxygen atoms in total. The van der Waals surface area contributed by atoms with E-state index >= 15 is 0 Å². The minimum Gasteiger partial charge on any atom is -0.490 e. The van der Waals surface area contributed by atoms with Crippen molar-refractivity contribution in [1.29, 1.82) is 0 Å². The van der Waals surface area contributed by atoms with Gasteiger partial charge in [0.25, 0.3) is 0 Å². The van der Waals surface area contributed by atoms with Gasteiger partial charge in [-0.1, -0.05) is 13.0 Å². The lowest BCUT2D eigenvalue weighted by Crippen LogP contribution is -2.13. The molecule has 0 aliphatic rings. The van der Waals surface area contributed by atoms with Crippen LogP contribution < -0.4 is 14.8 Å². The van der Waals surface area contributed by atoms with E-state index < -0.39 is 0 Å². The van der Waals surface area contributed by atoms with Crippen molar-refractivity contribution in [3.05, 3.63) is 23.8 Å². The third-order valence-electron chi connectivity index (χ3n) is 2.57. The molecule has 0 aromatic heterocycles. The first-order valence-corrected chi connectivity index (χ1v) is 6.84. The maximum Gasteiger partial charge on any atom is 0.161 e. The Bertz CT molecular complexity index is 410. The van der Waals surface area contributed by atoms with E-state index in [1.54, 1.807) is 0 Å². The highest BCUT2D eigenvalue weighted by molar-refractivity contribution is 5.43. The molecular formula is C16H23NO2. The van der Waals surface area contributed by atoms with E-state index in [2.05, 4.69) is 24.2 Å². The Morgan fingerprint density at radius 2 is 2.05 bits per heavy atom. The third kappa shape index (κ3) is 5.67. The van der Waals surface area contributed by atoms with Gasteiger partial charge in [0.05, 0.1) is 13.2 Å². The van der Waals surface area contributed by atoms with Crippen molar-refractivity contribution in [2.24, 2.45) is 0 Å². The van der Waals surface area contributed by atoms with Crippen molar-refractivity contribution in [3.8, 4) is 23.8 Å². The van der Waals surface area contributed by atoms with Crippen LogP contribution in [0.5, 0.6) is 11.5 Å². The zero-order chi connectivity index (χ0) is 13.9. The second-order valence-corrected chi connectivity index (χ2v) is 4.19. The Kier molecular flexibility index (Phi) is 7.53. The zero-order valence-corrected chi connectivity index (χ0v) is 11.9. The highest BCUT2D eigenvalue weighted by atomic mass is 16.5. The van der Waals surface area contributed by atoms with Gasteiger partial charge < -0.3 is 14.8 Å². The van der Waals surface area contributed by atoms with Crippen LogP contribution in [0.15, 0.2) is 18.2 Å². The van der Waals surface area contributed by atoms with Crippen LogP contribution in [-0.2, 0) is 6.54 Å². The summed E-state index contributed by atoms with van der Waals surface area (Å²) >= 11 is 0.